The lowest BCUT2D eigenvalue weighted by atomic mass is 10.1. The van der Waals surface area contributed by atoms with E-state index in [1.165, 1.54) is 12.4 Å². The van der Waals surface area contributed by atoms with Crippen LogP contribution in [0.2, 0.25) is 5.02 Å². The predicted octanol–water partition coefficient (Wildman–Crippen LogP) is 2.46. The van der Waals surface area contributed by atoms with Crippen molar-refractivity contribution in [2.75, 3.05) is 19.8 Å². The maximum atomic E-state index is 12.8. The molecular formula is C15H17ClN4O3. The van der Waals surface area contributed by atoms with Crippen LogP contribution in [0.4, 0.5) is 0 Å². The smallest absolute Gasteiger partial charge is 0.256 e. The summed E-state index contributed by atoms with van der Waals surface area (Å²) >= 11 is 6.09. The summed E-state index contributed by atoms with van der Waals surface area (Å²) in [5, 5.41) is 8.42. The SMILES string of the molecule is CC(C)c1nnc([C@H]2COCCN2C(=O)c2ccncc2Cl)o1. The van der Waals surface area contributed by atoms with Crippen molar-refractivity contribution < 1.29 is 13.9 Å². The average molecular weight is 337 g/mol. The number of rotatable bonds is 3. The molecule has 1 fully saturated rings. The second kappa shape index (κ2) is 6.64. The summed E-state index contributed by atoms with van der Waals surface area (Å²) in [6.07, 6.45) is 2.99. The first-order valence-electron chi connectivity index (χ1n) is 7.39. The monoisotopic (exact) mass is 336 g/mol. The zero-order chi connectivity index (χ0) is 16.4. The first kappa shape index (κ1) is 15.9. The van der Waals surface area contributed by atoms with E-state index in [2.05, 4.69) is 15.2 Å². The molecule has 8 heteroatoms. The standard InChI is InChI=1S/C15H17ClN4O3/c1-9(2)13-18-19-14(23-13)12-8-22-6-5-20(12)15(21)10-3-4-17-7-11(10)16/h3-4,7,9,12H,5-6,8H2,1-2H3/t12-/m1/s1. The first-order valence-corrected chi connectivity index (χ1v) is 7.77. The maximum absolute atomic E-state index is 12.8. The van der Waals surface area contributed by atoms with Crippen molar-refractivity contribution in [3.63, 3.8) is 0 Å². The highest BCUT2D eigenvalue weighted by atomic mass is 35.5. The highest BCUT2D eigenvalue weighted by molar-refractivity contribution is 6.33. The fraction of sp³-hybridized carbons (Fsp3) is 0.467. The van der Waals surface area contributed by atoms with Gasteiger partial charge in [0.05, 0.1) is 23.8 Å². The Morgan fingerprint density at radius 3 is 2.96 bits per heavy atom. The van der Waals surface area contributed by atoms with Crippen molar-refractivity contribution in [3.05, 3.63) is 40.8 Å². The van der Waals surface area contributed by atoms with Crippen LogP contribution >= 0.6 is 11.6 Å². The van der Waals surface area contributed by atoms with Crippen molar-refractivity contribution in [3.8, 4) is 0 Å². The number of morpholine rings is 1. The largest absolute Gasteiger partial charge is 0.423 e. The van der Waals surface area contributed by atoms with E-state index in [1.807, 2.05) is 13.8 Å². The van der Waals surface area contributed by atoms with Crippen molar-refractivity contribution in [1.29, 1.82) is 0 Å². The molecule has 0 aliphatic carbocycles. The molecule has 1 saturated heterocycles. The Labute approximate surface area is 138 Å². The molecule has 0 aromatic carbocycles. The van der Waals surface area contributed by atoms with E-state index in [1.54, 1.807) is 11.0 Å². The first-order chi connectivity index (χ1) is 11.1. The number of carbonyl (C=O) groups is 1. The Hall–Kier alpha value is -1.99. The Bertz CT molecular complexity index is 704. The minimum absolute atomic E-state index is 0.125. The fourth-order valence-corrected chi connectivity index (χ4v) is 2.57. The van der Waals surface area contributed by atoms with Gasteiger partial charge in [-0.15, -0.1) is 10.2 Å². The lowest BCUT2D eigenvalue weighted by Crippen LogP contribution is -2.43. The quantitative estimate of drug-likeness (QED) is 0.856. The zero-order valence-corrected chi connectivity index (χ0v) is 13.7. The van der Waals surface area contributed by atoms with E-state index >= 15 is 0 Å². The number of hydrogen-bond acceptors (Lipinski definition) is 6. The maximum Gasteiger partial charge on any atom is 0.256 e. The summed E-state index contributed by atoms with van der Waals surface area (Å²) in [6, 6.07) is 1.19. The summed E-state index contributed by atoms with van der Waals surface area (Å²) in [5.41, 5.74) is 0.400. The van der Waals surface area contributed by atoms with Crippen LogP contribution in [0.5, 0.6) is 0 Å². The Morgan fingerprint density at radius 2 is 2.26 bits per heavy atom. The van der Waals surface area contributed by atoms with Crippen LogP contribution in [-0.4, -0.2) is 45.7 Å². The average Bonchev–Trinajstić information content (AvgIpc) is 3.05. The van der Waals surface area contributed by atoms with Gasteiger partial charge in [-0.3, -0.25) is 9.78 Å². The molecule has 7 nitrogen and oxygen atoms in total. The van der Waals surface area contributed by atoms with Gasteiger partial charge in [0.1, 0.15) is 6.04 Å². The molecule has 0 saturated carbocycles. The number of halogens is 1. The summed E-state index contributed by atoms with van der Waals surface area (Å²) in [4.78, 5) is 18.4. The Balaban J connectivity index is 1.89. The number of hydrogen-bond donors (Lipinski definition) is 0. The second-order valence-corrected chi connectivity index (χ2v) is 5.99. The minimum atomic E-state index is -0.416. The molecule has 0 unspecified atom stereocenters. The minimum Gasteiger partial charge on any atom is -0.423 e. The molecule has 1 atom stereocenters. The topological polar surface area (TPSA) is 81.4 Å². The van der Waals surface area contributed by atoms with Crippen LogP contribution in [0.1, 0.15) is 47.9 Å². The van der Waals surface area contributed by atoms with Crippen LogP contribution in [-0.2, 0) is 4.74 Å². The normalized spacial score (nSPS) is 18.4. The predicted molar refractivity (Wildman–Crippen MR) is 82.2 cm³/mol. The molecule has 3 heterocycles. The van der Waals surface area contributed by atoms with Gasteiger partial charge in [0, 0.05) is 24.9 Å². The molecule has 1 amide bonds. The van der Waals surface area contributed by atoms with E-state index in [0.717, 1.165) is 0 Å². The van der Waals surface area contributed by atoms with Crippen LogP contribution in [0.15, 0.2) is 22.9 Å². The van der Waals surface area contributed by atoms with E-state index < -0.39 is 6.04 Å². The van der Waals surface area contributed by atoms with Gasteiger partial charge in [0.2, 0.25) is 11.8 Å². The molecule has 122 valence electrons. The third kappa shape index (κ3) is 3.20. The van der Waals surface area contributed by atoms with E-state index in [-0.39, 0.29) is 11.8 Å². The molecule has 2 aromatic rings. The lowest BCUT2D eigenvalue weighted by molar-refractivity contribution is -0.0107. The Kier molecular flexibility index (Phi) is 4.58. The van der Waals surface area contributed by atoms with Gasteiger partial charge in [0.25, 0.3) is 5.91 Å². The van der Waals surface area contributed by atoms with Crippen molar-refractivity contribution in [2.45, 2.75) is 25.8 Å². The number of ether oxygens (including phenoxy) is 1. The highest BCUT2D eigenvalue weighted by Crippen LogP contribution is 2.28. The number of carbonyl (C=O) groups excluding carboxylic acids is 1. The van der Waals surface area contributed by atoms with Gasteiger partial charge in [-0.05, 0) is 6.07 Å². The number of aromatic nitrogens is 3. The van der Waals surface area contributed by atoms with E-state index in [4.69, 9.17) is 20.8 Å². The van der Waals surface area contributed by atoms with Crippen molar-refractivity contribution >= 4 is 17.5 Å². The van der Waals surface area contributed by atoms with E-state index in [0.29, 0.717) is 42.1 Å². The van der Waals surface area contributed by atoms with Gasteiger partial charge in [0.15, 0.2) is 0 Å². The Morgan fingerprint density at radius 1 is 1.43 bits per heavy atom. The van der Waals surface area contributed by atoms with Crippen LogP contribution < -0.4 is 0 Å². The molecule has 23 heavy (non-hydrogen) atoms. The summed E-state index contributed by atoms with van der Waals surface area (Å²) < 4.78 is 11.2. The fourth-order valence-electron chi connectivity index (χ4n) is 2.37. The summed E-state index contributed by atoms with van der Waals surface area (Å²) in [7, 11) is 0. The van der Waals surface area contributed by atoms with Crippen LogP contribution in [0.25, 0.3) is 0 Å². The zero-order valence-electron chi connectivity index (χ0n) is 12.9. The van der Waals surface area contributed by atoms with Crippen LogP contribution in [0.3, 0.4) is 0 Å². The lowest BCUT2D eigenvalue weighted by Gasteiger charge is -2.33. The summed E-state index contributed by atoms with van der Waals surface area (Å²) in [6.45, 7) is 5.13. The van der Waals surface area contributed by atoms with Gasteiger partial charge >= 0.3 is 0 Å². The molecule has 0 spiro atoms. The molecule has 0 radical (unpaired) electrons. The number of pyridine rings is 1. The van der Waals surface area contributed by atoms with Gasteiger partial charge in [-0.25, -0.2) is 0 Å². The molecule has 1 aliphatic rings. The second-order valence-electron chi connectivity index (χ2n) is 5.58. The van der Waals surface area contributed by atoms with E-state index in [9.17, 15) is 4.79 Å². The number of nitrogens with zero attached hydrogens (tertiary/aromatic N) is 4. The van der Waals surface area contributed by atoms with Gasteiger partial charge in [-0.1, -0.05) is 25.4 Å². The molecule has 2 aromatic heterocycles. The molecular weight excluding hydrogens is 320 g/mol. The van der Waals surface area contributed by atoms with Crippen LogP contribution in [0, 0.1) is 0 Å². The molecule has 3 rings (SSSR count). The van der Waals surface area contributed by atoms with Crippen molar-refractivity contribution in [2.24, 2.45) is 0 Å². The molecule has 0 N–H and O–H groups in total. The number of amides is 1. The molecule has 0 bridgehead atoms. The third-order valence-corrected chi connectivity index (χ3v) is 3.93. The van der Waals surface area contributed by atoms with Gasteiger partial charge in [-0.2, -0.15) is 0 Å². The molecule has 1 aliphatic heterocycles. The summed E-state index contributed by atoms with van der Waals surface area (Å²) in [5.74, 6) is 0.849. The highest BCUT2D eigenvalue weighted by Gasteiger charge is 2.34. The van der Waals surface area contributed by atoms with Crippen molar-refractivity contribution in [1.82, 2.24) is 20.1 Å². The van der Waals surface area contributed by atoms with Gasteiger partial charge < -0.3 is 14.1 Å². The third-order valence-electron chi connectivity index (χ3n) is 3.63.